The van der Waals surface area contributed by atoms with E-state index in [1.807, 2.05) is 6.20 Å². The zero-order valence-electron chi connectivity index (χ0n) is 11.5. The standard InChI is InChI=1S/C16H20N2S/c1-11-3-5-13(6-4-11)14-7-15(8-14)18-10-16-9-17-12(2)19-16/h3-6,9,14-15,18H,7-8,10H2,1-2H3. The minimum Gasteiger partial charge on any atom is -0.309 e. The molecule has 1 N–H and O–H groups in total. The number of thiazole rings is 1. The van der Waals surface area contributed by atoms with Crippen molar-refractivity contribution in [3.63, 3.8) is 0 Å². The molecule has 0 atom stereocenters. The largest absolute Gasteiger partial charge is 0.309 e. The second-order valence-corrected chi connectivity index (χ2v) is 6.82. The first kappa shape index (κ1) is 12.8. The number of aromatic nitrogens is 1. The third kappa shape index (κ3) is 3.04. The van der Waals surface area contributed by atoms with E-state index in [0.29, 0.717) is 6.04 Å². The molecule has 2 aromatic rings. The van der Waals surface area contributed by atoms with Gasteiger partial charge in [0.05, 0.1) is 5.01 Å². The van der Waals surface area contributed by atoms with Crippen molar-refractivity contribution >= 4 is 11.3 Å². The van der Waals surface area contributed by atoms with Gasteiger partial charge in [-0.1, -0.05) is 29.8 Å². The first-order valence-electron chi connectivity index (χ1n) is 6.92. The van der Waals surface area contributed by atoms with Gasteiger partial charge in [-0.15, -0.1) is 11.3 Å². The van der Waals surface area contributed by atoms with E-state index in [0.717, 1.165) is 17.5 Å². The van der Waals surface area contributed by atoms with Gasteiger partial charge in [0.15, 0.2) is 0 Å². The second-order valence-electron chi connectivity index (χ2n) is 5.50. The summed E-state index contributed by atoms with van der Waals surface area (Å²) in [5, 5.41) is 4.79. The van der Waals surface area contributed by atoms with Crippen molar-refractivity contribution in [2.45, 2.75) is 45.2 Å². The van der Waals surface area contributed by atoms with Gasteiger partial charge in [0, 0.05) is 23.7 Å². The second kappa shape index (κ2) is 5.43. The van der Waals surface area contributed by atoms with E-state index < -0.39 is 0 Å². The van der Waals surface area contributed by atoms with Crippen LogP contribution < -0.4 is 5.32 Å². The SMILES string of the molecule is Cc1ccc(C2CC(NCc3cnc(C)s3)C2)cc1. The van der Waals surface area contributed by atoms with Gasteiger partial charge in [0.25, 0.3) is 0 Å². The molecular weight excluding hydrogens is 252 g/mol. The Balaban J connectivity index is 1.46. The zero-order valence-corrected chi connectivity index (χ0v) is 12.3. The molecule has 1 heterocycles. The number of rotatable bonds is 4. The van der Waals surface area contributed by atoms with Crippen LogP contribution in [-0.2, 0) is 6.54 Å². The summed E-state index contributed by atoms with van der Waals surface area (Å²) in [6.07, 6.45) is 4.52. The molecular formula is C16H20N2S. The fourth-order valence-corrected chi connectivity index (χ4v) is 3.37. The lowest BCUT2D eigenvalue weighted by molar-refractivity contribution is 0.290. The van der Waals surface area contributed by atoms with Crippen LogP contribution >= 0.6 is 11.3 Å². The highest BCUT2D eigenvalue weighted by Crippen LogP contribution is 2.37. The molecule has 2 nitrogen and oxygen atoms in total. The first-order valence-corrected chi connectivity index (χ1v) is 7.73. The minimum atomic E-state index is 0.675. The number of aryl methyl sites for hydroxylation is 2. The normalized spacial score (nSPS) is 22.2. The summed E-state index contributed by atoms with van der Waals surface area (Å²) in [4.78, 5) is 5.63. The van der Waals surface area contributed by atoms with E-state index >= 15 is 0 Å². The van der Waals surface area contributed by atoms with Crippen LogP contribution in [0.5, 0.6) is 0 Å². The van der Waals surface area contributed by atoms with Gasteiger partial charge in [-0.2, -0.15) is 0 Å². The van der Waals surface area contributed by atoms with Crippen LogP contribution in [0.15, 0.2) is 30.5 Å². The molecule has 0 spiro atoms. The average Bonchev–Trinajstić information content (AvgIpc) is 2.75. The van der Waals surface area contributed by atoms with Crippen molar-refractivity contribution in [2.75, 3.05) is 0 Å². The van der Waals surface area contributed by atoms with Crippen LogP contribution in [0.1, 0.15) is 39.8 Å². The topological polar surface area (TPSA) is 24.9 Å². The first-order chi connectivity index (χ1) is 9.20. The fourth-order valence-electron chi connectivity index (χ4n) is 2.63. The molecule has 0 amide bonds. The quantitative estimate of drug-likeness (QED) is 0.916. The molecule has 1 aromatic carbocycles. The maximum absolute atomic E-state index is 4.29. The van der Waals surface area contributed by atoms with Crippen molar-refractivity contribution in [3.05, 3.63) is 51.5 Å². The van der Waals surface area contributed by atoms with Crippen molar-refractivity contribution in [2.24, 2.45) is 0 Å². The van der Waals surface area contributed by atoms with Crippen molar-refractivity contribution in [1.82, 2.24) is 10.3 Å². The van der Waals surface area contributed by atoms with Crippen LogP contribution in [0.4, 0.5) is 0 Å². The third-order valence-corrected chi connectivity index (χ3v) is 4.83. The smallest absolute Gasteiger partial charge is 0.0897 e. The summed E-state index contributed by atoms with van der Waals surface area (Å²) < 4.78 is 0. The maximum atomic E-state index is 4.29. The van der Waals surface area contributed by atoms with E-state index in [4.69, 9.17) is 0 Å². The Labute approximate surface area is 118 Å². The molecule has 0 saturated heterocycles. The van der Waals surface area contributed by atoms with Crippen LogP contribution in [0.3, 0.4) is 0 Å². The van der Waals surface area contributed by atoms with E-state index in [9.17, 15) is 0 Å². The number of nitrogens with one attached hydrogen (secondary N) is 1. The Morgan fingerprint density at radius 3 is 2.58 bits per heavy atom. The molecule has 0 radical (unpaired) electrons. The number of benzene rings is 1. The number of hydrogen-bond donors (Lipinski definition) is 1. The Bertz CT molecular complexity index is 538. The lowest BCUT2D eigenvalue weighted by Gasteiger charge is -2.36. The maximum Gasteiger partial charge on any atom is 0.0897 e. The highest BCUT2D eigenvalue weighted by Gasteiger charge is 2.29. The Morgan fingerprint density at radius 1 is 1.21 bits per heavy atom. The highest BCUT2D eigenvalue weighted by molar-refractivity contribution is 7.11. The third-order valence-electron chi connectivity index (χ3n) is 3.92. The van der Waals surface area contributed by atoms with Gasteiger partial charge in [-0.25, -0.2) is 4.98 Å². The van der Waals surface area contributed by atoms with Crippen LogP contribution in [0, 0.1) is 13.8 Å². The van der Waals surface area contributed by atoms with Crippen molar-refractivity contribution in [3.8, 4) is 0 Å². The Morgan fingerprint density at radius 2 is 1.95 bits per heavy atom. The van der Waals surface area contributed by atoms with Crippen LogP contribution in [-0.4, -0.2) is 11.0 Å². The average molecular weight is 272 g/mol. The Kier molecular flexibility index (Phi) is 3.67. The molecule has 1 aliphatic rings. The predicted molar refractivity (Wildman–Crippen MR) is 80.6 cm³/mol. The molecule has 0 unspecified atom stereocenters. The van der Waals surface area contributed by atoms with E-state index in [2.05, 4.69) is 48.4 Å². The summed E-state index contributed by atoms with van der Waals surface area (Å²) in [6.45, 7) is 5.17. The van der Waals surface area contributed by atoms with E-state index in [1.165, 1.54) is 28.8 Å². The molecule has 3 heteroatoms. The van der Waals surface area contributed by atoms with Crippen LogP contribution in [0.2, 0.25) is 0 Å². The molecule has 1 saturated carbocycles. The summed E-state index contributed by atoms with van der Waals surface area (Å²) in [6, 6.07) is 9.67. The van der Waals surface area contributed by atoms with Crippen molar-refractivity contribution < 1.29 is 0 Å². The van der Waals surface area contributed by atoms with Crippen LogP contribution in [0.25, 0.3) is 0 Å². The van der Waals surface area contributed by atoms with E-state index in [-0.39, 0.29) is 0 Å². The summed E-state index contributed by atoms with van der Waals surface area (Å²) in [5.74, 6) is 0.751. The zero-order chi connectivity index (χ0) is 13.2. The molecule has 0 bridgehead atoms. The summed E-state index contributed by atoms with van der Waals surface area (Å²) in [5.41, 5.74) is 2.84. The van der Waals surface area contributed by atoms with Gasteiger partial charge >= 0.3 is 0 Å². The van der Waals surface area contributed by atoms with Gasteiger partial charge in [0.1, 0.15) is 0 Å². The lowest BCUT2D eigenvalue weighted by Crippen LogP contribution is -2.39. The van der Waals surface area contributed by atoms with E-state index in [1.54, 1.807) is 11.3 Å². The van der Waals surface area contributed by atoms with Gasteiger partial charge in [0.2, 0.25) is 0 Å². The summed E-state index contributed by atoms with van der Waals surface area (Å²) in [7, 11) is 0. The molecule has 3 rings (SSSR count). The highest BCUT2D eigenvalue weighted by atomic mass is 32.1. The lowest BCUT2D eigenvalue weighted by atomic mass is 9.76. The molecule has 19 heavy (non-hydrogen) atoms. The monoisotopic (exact) mass is 272 g/mol. The van der Waals surface area contributed by atoms with Gasteiger partial charge in [-0.05, 0) is 38.2 Å². The number of hydrogen-bond acceptors (Lipinski definition) is 3. The molecule has 1 aromatic heterocycles. The fraction of sp³-hybridized carbons (Fsp3) is 0.438. The molecule has 1 aliphatic carbocycles. The molecule has 100 valence electrons. The predicted octanol–water partition coefficient (Wildman–Crippen LogP) is 3.80. The molecule has 0 aliphatic heterocycles. The minimum absolute atomic E-state index is 0.675. The summed E-state index contributed by atoms with van der Waals surface area (Å²) >= 11 is 1.79. The molecule has 1 fully saturated rings. The van der Waals surface area contributed by atoms with Gasteiger partial charge < -0.3 is 5.32 Å². The number of nitrogens with zero attached hydrogens (tertiary/aromatic N) is 1. The van der Waals surface area contributed by atoms with Gasteiger partial charge in [-0.3, -0.25) is 0 Å². The Hall–Kier alpha value is -1.19. The van der Waals surface area contributed by atoms with Crippen molar-refractivity contribution in [1.29, 1.82) is 0 Å².